The van der Waals surface area contributed by atoms with Crippen molar-refractivity contribution in [3.05, 3.63) is 21.9 Å². The van der Waals surface area contributed by atoms with Crippen LogP contribution < -0.4 is 0 Å². The molecule has 0 aromatic carbocycles. The molecule has 0 radical (unpaired) electrons. The lowest BCUT2D eigenvalue weighted by atomic mass is 10.1. The Hall–Kier alpha value is -1.35. The van der Waals surface area contributed by atoms with Gasteiger partial charge < -0.3 is 15.1 Å². The summed E-state index contributed by atoms with van der Waals surface area (Å²) in [5.74, 6) is 5.10. The van der Waals surface area contributed by atoms with Gasteiger partial charge in [-0.3, -0.25) is 4.79 Å². The second kappa shape index (κ2) is 6.01. The summed E-state index contributed by atoms with van der Waals surface area (Å²) < 4.78 is 0. The van der Waals surface area contributed by atoms with E-state index in [1.807, 2.05) is 0 Å². The molecular weight excluding hydrogens is 250 g/mol. The van der Waals surface area contributed by atoms with Crippen LogP contribution in [0.4, 0.5) is 0 Å². The number of nitrogens with zero attached hydrogens (tertiary/aromatic N) is 1. The van der Waals surface area contributed by atoms with Crippen LogP contribution in [0.25, 0.3) is 0 Å². The van der Waals surface area contributed by atoms with Gasteiger partial charge in [0.25, 0.3) is 5.91 Å². The zero-order chi connectivity index (χ0) is 13.8. The normalized spacial score (nSPS) is 10.7. The fourth-order valence-electron chi connectivity index (χ4n) is 1.53. The summed E-state index contributed by atoms with van der Waals surface area (Å²) in [7, 11) is 1.64. The Kier molecular flexibility index (Phi) is 4.91. The fraction of sp³-hybridized carbons (Fsp3) is 0.462. The number of hydrogen-bond donors (Lipinski definition) is 2. The molecule has 18 heavy (non-hydrogen) atoms. The van der Waals surface area contributed by atoms with Gasteiger partial charge in [0, 0.05) is 19.2 Å². The maximum absolute atomic E-state index is 12.2. The van der Waals surface area contributed by atoms with Crippen LogP contribution in [0.1, 0.15) is 29.1 Å². The first-order valence-electron chi connectivity index (χ1n) is 5.50. The van der Waals surface area contributed by atoms with Crippen molar-refractivity contribution in [2.75, 3.05) is 20.2 Å². The minimum absolute atomic E-state index is 0.172. The second-order valence-electron chi connectivity index (χ2n) is 4.60. The number of likely N-dealkylation sites (N-methyl/N-ethyl adjacent to an activating group) is 1. The summed E-state index contributed by atoms with van der Waals surface area (Å²) in [6.07, 6.45) is 0. The molecule has 0 fully saturated rings. The van der Waals surface area contributed by atoms with Crippen molar-refractivity contribution in [3.8, 4) is 11.8 Å². The molecule has 1 amide bonds. The Morgan fingerprint density at radius 2 is 2.22 bits per heavy atom. The van der Waals surface area contributed by atoms with Crippen LogP contribution in [0, 0.1) is 11.8 Å². The van der Waals surface area contributed by atoms with Crippen LogP contribution in [-0.2, 0) is 0 Å². The van der Waals surface area contributed by atoms with Gasteiger partial charge in [-0.2, -0.15) is 0 Å². The van der Waals surface area contributed by atoms with Crippen LogP contribution in [0.5, 0.6) is 0 Å². The maximum Gasteiger partial charge on any atom is 0.265 e. The number of aliphatic hydroxyl groups excluding tert-OH is 1. The van der Waals surface area contributed by atoms with Gasteiger partial charge in [-0.05, 0) is 25.3 Å². The fourth-order valence-corrected chi connectivity index (χ4v) is 2.38. The predicted molar refractivity (Wildman–Crippen MR) is 71.5 cm³/mol. The lowest BCUT2D eigenvalue weighted by Crippen LogP contribution is -2.39. The topological polar surface area (TPSA) is 60.8 Å². The van der Waals surface area contributed by atoms with Gasteiger partial charge in [-0.1, -0.05) is 11.8 Å². The van der Waals surface area contributed by atoms with E-state index in [9.17, 15) is 9.90 Å². The average molecular weight is 267 g/mol. The SMILES string of the molecule is CN(CC(C)(C)O)C(=O)c1sccc1C#CCO. The van der Waals surface area contributed by atoms with E-state index in [1.165, 1.54) is 16.2 Å². The first-order valence-corrected chi connectivity index (χ1v) is 6.38. The first-order chi connectivity index (χ1) is 8.35. The third-order valence-corrected chi connectivity index (χ3v) is 3.03. The van der Waals surface area contributed by atoms with E-state index in [1.54, 1.807) is 32.3 Å². The second-order valence-corrected chi connectivity index (χ2v) is 5.51. The molecule has 0 aliphatic heterocycles. The van der Waals surface area contributed by atoms with Crippen LogP contribution in [0.3, 0.4) is 0 Å². The quantitative estimate of drug-likeness (QED) is 0.801. The molecule has 4 nitrogen and oxygen atoms in total. The summed E-state index contributed by atoms with van der Waals surface area (Å²) in [6, 6.07) is 1.75. The third kappa shape index (κ3) is 4.15. The van der Waals surface area contributed by atoms with Gasteiger partial charge in [0.15, 0.2) is 0 Å². The zero-order valence-electron chi connectivity index (χ0n) is 10.7. The van der Waals surface area contributed by atoms with E-state index >= 15 is 0 Å². The minimum Gasteiger partial charge on any atom is -0.389 e. The van der Waals surface area contributed by atoms with E-state index in [-0.39, 0.29) is 19.1 Å². The highest BCUT2D eigenvalue weighted by molar-refractivity contribution is 7.12. The standard InChI is InChI=1S/C13H17NO3S/c1-13(2,17)9-14(3)12(16)11-10(5-4-7-15)6-8-18-11/h6,8,15,17H,7,9H2,1-3H3. The number of aliphatic hydroxyl groups is 2. The molecule has 0 spiro atoms. The van der Waals surface area contributed by atoms with Gasteiger partial charge in [0.05, 0.1) is 5.60 Å². The van der Waals surface area contributed by atoms with Crippen molar-refractivity contribution in [1.82, 2.24) is 4.90 Å². The highest BCUT2D eigenvalue weighted by atomic mass is 32.1. The molecule has 1 heterocycles. The van der Waals surface area contributed by atoms with E-state index in [2.05, 4.69) is 11.8 Å². The number of thiophene rings is 1. The highest BCUT2D eigenvalue weighted by Gasteiger charge is 2.22. The van der Waals surface area contributed by atoms with E-state index in [0.717, 1.165) is 0 Å². The molecule has 98 valence electrons. The molecule has 0 bridgehead atoms. The number of amides is 1. The summed E-state index contributed by atoms with van der Waals surface area (Å²) in [5.41, 5.74) is -0.319. The van der Waals surface area contributed by atoms with E-state index in [0.29, 0.717) is 10.4 Å². The van der Waals surface area contributed by atoms with Crippen molar-refractivity contribution < 1.29 is 15.0 Å². The maximum atomic E-state index is 12.2. The Morgan fingerprint density at radius 3 is 2.78 bits per heavy atom. The lowest BCUT2D eigenvalue weighted by Gasteiger charge is -2.25. The minimum atomic E-state index is -0.932. The first kappa shape index (κ1) is 14.7. The summed E-state index contributed by atoms with van der Waals surface area (Å²) in [5, 5.41) is 20.1. The molecular formula is C13H17NO3S. The molecule has 0 saturated carbocycles. The monoisotopic (exact) mass is 267 g/mol. The molecule has 1 rings (SSSR count). The van der Waals surface area contributed by atoms with Crippen molar-refractivity contribution in [3.63, 3.8) is 0 Å². The smallest absolute Gasteiger partial charge is 0.265 e. The summed E-state index contributed by atoms with van der Waals surface area (Å²) in [6.45, 7) is 3.31. The molecule has 0 saturated heterocycles. The molecule has 5 heteroatoms. The van der Waals surface area contributed by atoms with E-state index < -0.39 is 5.60 Å². The van der Waals surface area contributed by atoms with Gasteiger partial charge in [0.1, 0.15) is 11.5 Å². The molecule has 2 N–H and O–H groups in total. The largest absolute Gasteiger partial charge is 0.389 e. The van der Waals surface area contributed by atoms with Crippen LogP contribution in [-0.4, -0.2) is 46.8 Å². The molecule has 0 aliphatic carbocycles. The molecule has 0 atom stereocenters. The van der Waals surface area contributed by atoms with Crippen LogP contribution >= 0.6 is 11.3 Å². The lowest BCUT2D eigenvalue weighted by molar-refractivity contribution is 0.0370. The Bertz CT molecular complexity index is 476. The molecule has 0 aliphatic rings. The van der Waals surface area contributed by atoms with Crippen molar-refractivity contribution >= 4 is 17.2 Å². The van der Waals surface area contributed by atoms with Gasteiger partial charge >= 0.3 is 0 Å². The van der Waals surface area contributed by atoms with Gasteiger partial charge in [-0.15, -0.1) is 11.3 Å². The predicted octanol–water partition coefficient (Wildman–Crippen LogP) is 0.935. The number of hydrogen-bond acceptors (Lipinski definition) is 4. The number of rotatable bonds is 3. The zero-order valence-corrected chi connectivity index (χ0v) is 11.5. The molecule has 1 aromatic rings. The van der Waals surface area contributed by atoms with Crippen molar-refractivity contribution in [1.29, 1.82) is 0 Å². The highest BCUT2D eigenvalue weighted by Crippen LogP contribution is 2.18. The average Bonchev–Trinajstić information content (AvgIpc) is 2.70. The Balaban J connectivity index is 2.87. The number of carbonyl (C=O) groups excluding carboxylic acids is 1. The summed E-state index contributed by atoms with van der Waals surface area (Å²) >= 11 is 1.31. The molecule has 0 unspecified atom stereocenters. The van der Waals surface area contributed by atoms with Crippen LogP contribution in [0.2, 0.25) is 0 Å². The van der Waals surface area contributed by atoms with E-state index in [4.69, 9.17) is 5.11 Å². The Labute approximate surface area is 111 Å². The van der Waals surface area contributed by atoms with Gasteiger partial charge in [-0.25, -0.2) is 0 Å². The molecule has 1 aromatic heterocycles. The van der Waals surface area contributed by atoms with Crippen molar-refractivity contribution in [2.24, 2.45) is 0 Å². The number of carbonyl (C=O) groups is 1. The third-order valence-electron chi connectivity index (χ3n) is 2.13. The van der Waals surface area contributed by atoms with Crippen LogP contribution in [0.15, 0.2) is 11.4 Å². The van der Waals surface area contributed by atoms with Crippen molar-refractivity contribution in [2.45, 2.75) is 19.4 Å². The Morgan fingerprint density at radius 1 is 1.56 bits per heavy atom. The van der Waals surface area contributed by atoms with Gasteiger partial charge in [0.2, 0.25) is 0 Å². The summed E-state index contributed by atoms with van der Waals surface area (Å²) in [4.78, 5) is 14.2.